The highest BCUT2D eigenvalue weighted by Crippen LogP contribution is 2.24. The zero-order chi connectivity index (χ0) is 15.4. The fraction of sp³-hybridized carbons (Fsp3) is 0.353. The standard InChI is InChI=1S/C17H18BrNO3/c18-14-5-3-13(4-6-14)16-12-19(9-11-22-16)17(20)8-7-15-2-1-10-21-15/h1-6,10,16H,7-9,11-12H2. The number of benzene rings is 1. The number of furan rings is 1. The number of carbonyl (C=O) groups is 1. The minimum Gasteiger partial charge on any atom is -0.469 e. The molecule has 1 unspecified atom stereocenters. The first kappa shape index (κ1) is 15.3. The van der Waals surface area contributed by atoms with Gasteiger partial charge in [-0.25, -0.2) is 0 Å². The monoisotopic (exact) mass is 363 g/mol. The third kappa shape index (κ3) is 3.78. The molecule has 1 saturated heterocycles. The van der Waals surface area contributed by atoms with Gasteiger partial charge in [-0.15, -0.1) is 0 Å². The molecular weight excluding hydrogens is 346 g/mol. The van der Waals surface area contributed by atoms with Crippen LogP contribution in [0.3, 0.4) is 0 Å². The van der Waals surface area contributed by atoms with Crippen molar-refractivity contribution in [3.8, 4) is 0 Å². The normalized spacial score (nSPS) is 18.4. The van der Waals surface area contributed by atoms with Gasteiger partial charge in [0.1, 0.15) is 11.9 Å². The lowest BCUT2D eigenvalue weighted by Crippen LogP contribution is -2.42. The molecule has 2 aromatic rings. The summed E-state index contributed by atoms with van der Waals surface area (Å²) in [6.45, 7) is 1.84. The largest absolute Gasteiger partial charge is 0.469 e. The van der Waals surface area contributed by atoms with E-state index in [2.05, 4.69) is 15.9 Å². The van der Waals surface area contributed by atoms with Gasteiger partial charge in [0, 0.05) is 23.9 Å². The molecule has 0 N–H and O–H groups in total. The van der Waals surface area contributed by atoms with Crippen LogP contribution < -0.4 is 0 Å². The van der Waals surface area contributed by atoms with Crippen molar-refractivity contribution in [2.75, 3.05) is 19.7 Å². The molecule has 3 rings (SSSR count). The molecule has 0 aliphatic carbocycles. The second kappa shape index (κ2) is 7.11. The zero-order valence-corrected chi connectivity index (χ0v) is 13.8. The van der Waals surface area contributed by atoms with Crippen molar-refractivity contribution in [2.45, 2.75) is 18.9 Å². The molecule has 4 nitrogen and oxygen atoms in total. The number of hydrogen-bond acceptors (Lipinski definition) is 3. The Kier molecular flexibility index (Phi) is 4.95. The summed E-state index contributed by atoms with van der Waals surface area (Å²) in [6.07, 6.45) is 2.71. The van der Waals surface area contributed by atoms with Crippen LogP contribution >= 0.6 is 15.9 Å². The maximum absolute atomic E-state index is 12.3. The number of hydrogen-bond donors (Lipinski definition) is 0. The molecule has 0 saturated carbocycles. The summed E-state index contributed by atoms with van der Waals surface area (Å²) in [5.41, 5.74) is 1.10. The maximum atomic E-state index is 12.3. The Morgan fingerprint density at radius 2 is 2.09 bits per heavy atom. The Labute approximate surface area is 138 Å². The van der Waals surface area contributed by atoms with Gasteiger partial charge in [0.05, 0.1) is 19.4 Å². The van der Waals surface area contributed by atoms with Crippen molar-refractivity contribution >= 4 is 21.8 Å². The number of aryl methyl sites for hydroxylation is 1. The van der Waals surface area contributed by atoms with E-state index in [0.29, 0.717) is 32.5 Å². The number of nitrogens with zero attached hydrogens (tertiary/aromatic N) is 1. The molecule has 1 aliphatic rings. The molecule has 1 aromatic heterocycles. The first-order valence-corrected chi connectivity index (χ1v) is 8.19. The average Bonchev–Trinajstić information content (AvgIpc) is 3.07. The highest BCUT2D eigenvalue weighted by atomic mass is 79.9. The number of halogens is 1. The minimum absolute atomic E-state index is 0.0468. The predicted molar refractivity (Wildman–Crippen MR) is 86.4 cm³/mol. The van der Waals surface area contributed by atoms with Gasteiger partial charge in [0.25, 0.3) is 0 Å². The number of rotatable bonds is 4. The van der Waals surface area contributed by atoms with E-state index < -0.39 is 0 Å². The van der Waals surface area contributed by atoms with Gasteiger partial charge >= 0.3 is 0 Å². The van der Waals surface area contributed by atoms with E-state index in [1.54, 1.807) is 6.26 Å². The Balaban J connectivity index is 1.57. The number of amides is 1. The van der Waals surface area contributed by atoms with Gasteiger partial charge in [-0.05, 0) is 29.8 Å². The van der Waals surface area contributed by atoms with Crippen LogP contribution in [0.25, 0.3) is 0 Å². The molecule has 1 amide bonds. The van der Waals surface area contributed by atoms with Crippen LogP contribution in [0, 0.1) is 0 Å². The van der Waals surface area contributed by atoms with E-state index in [0.717, 1.165) is 15.8 Å². The van der Waals surface area contributed by atoms with E-state index in [1.165, 1.54) is 0 Å². The number of carbonyl (C=O) groups excluding carboxylic acids is 1. The molecule has 22 heavy (non-hydrogen) atoms. The van der Waals surface area contributed by atoms with E-state index in [4.69, 9.17) is 9.15 Å². The van der Waals surface area contributed by atoms with Crippen molar-refractivity contribution in [3.63, 3.8) is 0 Å². The van der Waals surface area contributed by atoms with Crippen LogP contribution in [0.4, 0.5) is 0 Å². The van der Waals surface area contributed by atoms with Gasteiger partial charge < -0.3 is 14.1 Å². The van der Waals surface area contributed by atoms with Crippen LogP contribution in [0.15, 0.2) is 51.6 Å². The maximum Gasteiger partial charge on any atom is 0.223 e. The van der Waals surface area contributed by atoms with Crippen LogP contribution in [-0.2, 0) is 16.0 Å². The number of morpholine rings is 1. The first-order valence-electron chi connectivity index (χ1n) is 7.39. The molecule has 5 heteroatoms. The molecule has 0 spiro atoms. The van der Waals surface area contributed by atoms with E-state index in [1.807, 2.05) is 41.3 Å². The van der Waals surface area contributed by atoms with E-state index in [-0.39, 0.29) is 12.0 Å². The topological polar surface area (TPSA) is 42.7 Å². The molecule has 0 bridgehead atoms. The zero-order valence-electron chi connectivity index (χ0n) is 12.2. The Bertz CT molecular complexity index is 609. The molecule has 1 aromatic carbocycles. The summed E-state index contributed by atoms with van der Waals surface area (Å²) >= 11 is 3.43. The third-order valence-electron chi connectivity index (χ3n) is 3.83. The molecule has 0 radical (unpaired) electrons. The highest BCUT2D eigenvalue weighted by molar-refractivity contribution is 9.10. The summed E-state index contributed by atoms with van der Waals surface area (Å²) in [7, 11) is 0. The fourth-order valence-electron chi connectivity index (χ4n) is 2.60. The van der Waals surface area contributed by atoms with E-state index >= 15 is 0 Å². The van der Waals surface area contributed by atoms with Gasteiger partial charge in [-0.3, -0.25) is 4.79 Å². The Morgan fingerprint density at radius 3 is 2.82 bits per heavy atom. The van der Waals surface area contributed by atoms with Crippen molar-refractivity contribution in [2.24, 2.45) is 0 Å². The minimum atomic E-state index is -0.0468. The number of ether oxygens (including phenoxy) is 1. The van der Waals surface area contributed by atoms with Crippen molar-refractivity contribution < 1.29 is 13.9 Å². The van der Waals surface area contributed by atoms with Crippen molar-refractivity contribution in [1.29, 1.82) is 0 Å². The highest BCUT2D eigenvalue weighted by Gasteiger charge is 2.25. The SMILES string of the molecule is O=C(CCc1ccco1)N1CCOC(c2ccc(Br)cc2)C1. The van der Waals surface area contributed by atoms with Gasteiger partial charge in [0.2, 0.25) is 5.91 Å². The smallest absolute Gasteiger partial charge is 0.223 e. The quantitative estimate of drug-likeness (QED) is 0.833. The first-order chi connectivity index (χ1) is 10.7. The summed E-state index contributed by atoms with van der Waals surface area (Å²) in [5, 5.41) is 0. The molecule has 2 heterocycles. The second-order valence-corrected chi connectivity index (χ2v) is 6.25. The summed E-state index contributed by atoms with van der Waals surface area (Å²) in [6, 6.07) is 11.8. The fourth-order valence-corrected chi connectivity index (χ4v) is 2.86. The lowest BCUT2D eigenvalue weighted by molar-refractivity contribution is -0.139. The summed E-state index contributed by atoms with van der Waals surface area (Å²) < 4.78 is 12.1. The van der Waals surface area contributed by atoms with Crippen LogP contribution in [0.2, 0.25) is 0 Å². The Hall–Kier alpha value is -1.59. The van der Waals surface area contributed by atoms with Gasteiger partial charge in [-0.2, -0.15) is 0 Å². The van der Waals surface area contributed by atoms with Gasteiger partial charge in [0.15, 0.2) is 0 Å². The van der Waals surface area contributed by atoms with Crippen LogP contribution in [0.1, 0.15) is 23.8 Å². The van der Waals surface area contributed by atoms with Gasteiger partial charge in [-0.1, -0.05) is 28.1 Å². The molecule has 116 valence electrons. The molecule has 1 fully saturated rings. The van der Waals surface area contributed by atoms with Crippen molar-refractivity contribution in [1.82, 2.24) is 4.90 Å². The molecular formula is C17H18BrNO3. The summed E-state index contributed by atoms with van der Waals surface area (Å²) in [4.78, 5) is 14.2. The predicted octanol–water partition coefficient (Wildman–Crippen LogP) is 3.57. The Morgan fingerprint density at radius 1 is 1.27 bits per heavy atom. The van der Waals surface area contributed by atoms with Crippen LogP contribution in [0.5, 0.6) is 0 Å². The lowest BCUT2D eigenvalue weighted by Gasteiger charge is -2.33. The second-order valence-electron chi connectivity index (χ2n) is 5.33. The van der Waals surface area contributed by atoms with Crippen molar-refractivity contribution in [3.05, 3.63) is 58.5 Å². The summed E-state index contributed by atoms with van der Waals surface area (Å²) in [5.74, 6) is 1.01. The van der Waals surface area contributed by atoms with E-state index in [9.17, 15) is 4.79 Å². The lowest BCUT2D eigenvalue weighted by atomic mass is 10.1. The average molecular weight is 364 g/mol. The third-order valence-corrected chi connectivity index (χ3v) is 4.35. The van der Waals surface area contributed by atoms with Crippen LogP contribution in [-0.4, -0.2) is 30.5 Å². The molecule has 1 aliphatic heterocycles. The molecule has 1 atom stereocenters.